The van der Waals surface area contributed by atoms with Gasteiger partial charge in [0.05, 0.1) is 30.4 Å². The fourth-order valence-electron chi connectivity index (χ4n) is 3.50. The summed E-state index contributed by atoms with van der Waals surface area (Å²) in [6, 6.07) is 5.14. The lowest BCUT2D eigenvalue weighted by Gasteiger charge is -2.34. The smallest absolute Gasteiger partial charge is 0.260 e. The number of likely N-dealkylation sites (N-methyl/N-ethyl adjacent to an activating group) is 1. The SMILES string of the molecule is COc1c(Nc2ncc(Cl)c(Nc3ccsc3C(N)=O)n2)ccc(N2CCN(C)CC2)c1F. The number of piperazine rings is 1. The Labute approximate surface area is 199 Å². The minimum absolute atomic E-state index is 0.0633. The maximum Gasteiger partial charge on any atom is 0.260 e. The van der Waals surface area contributed by atoms with Gasteiger partial charge in [-0.15, -0.1) is 11.3 Å². The van der Waals surface area contributed by atoms with Crippen molar-refractivity contribution in [2.24, 2.45) is 5.73 Å². The van der Waals surface area contributed by atoms with Crippen LogP contribution >= 0.6 is 22.9 Å². The predicted octanol–water partition coefficient (Wildman–Crippen LogP) is 3.68. The maximum absolute atomic E-state index is 15.3. The van der Waals surface area contributed by atoms with Crippen molar-refractivity contribution in [2.75, 3.05) is 55.9 Å². The normalized spacial score (nSPS) is 14.2. The zero-order valence-corrected chi connectivity index (χ0v) is 19.6. The lowest BCUT2D eigenvalue weighted by molar-refractivity contribution is 0.100. The first kappa shape index (κ1) is 23.0. The van der Waals surface area contributed by atoms with Crippen molar-refractivity contribution in [2.45, 2.75) is 0 Å². The van der Waals surface area contributed by atoms with E-state index in [2.05, 4.69) is 25.5 Å². The van der Waals surface area contributed by atoms with Crippen molar-refractivity contribution in [1.82, 2.24) is 14.9 Å². The van der Waals surface area contributed by atoms with Crippen molar-refractivity contribution in [3.8, 4) is 5.75 Å². The van der Waals surface area contributed by atoms with Crippen LogP contribution in [0.5, 0.6) is 5.75 Å². The molecule has 12 heteroatoms. The molecule has 0 unspecified atom stereocenters. The number of ether oxygens (including phenoxy) is 1. The van der Waals surface area contributed by atoms with Crippen LogP contribution in [0.3, 0.4) is 0 Å². The quantitative estimate of drug-likeness (QED) is 0.459. The van der Waals surface area contributed by atoms with Crippen LogP contribution in [0.2, 0.25) is 5.02 Å². The molecule has 1 aliphatic rings. The Bertz CT molecular complexity index is 1170. The van der Waals surface area contributed by atoms with Gasteiger partial charge in [-0.2, -0.15) is 4.98 Å². The molecule has 0 aliphatic carbocycles. The largest absolute Gasteiger partial charge is 0.492 e. The number of halogens is 2. The Morgan fingerprint density at radius 3 is 2.67 bits per heavy atom. The summed E-state index contributed by atoms with van der Waals surface area (Å²) in [7, 11) is 3.46. The lowest BCUT2D eigenvalue weighted by Crippen LogP contribution is -2.44. The Morgan fingerprint density at radius 1 is 1.21 bits per heavy atom. The molecule has 33 heavy (non-hydrogen) atoms. The Hall–Kier alpha value is -3.15. The number of rotatable bonds is 7. The predicted molar refractivity (Wildman–Crippen MR) is 129 cm³/mol. The van der Waals surface area contributed by atoms with Crippen LogP contribution < -0.4 is 26.0 Å². The minimum atomic E-state index is -0.559. The van der Waals surface area contributed by atoms with E-state index in [1.807, 2.05) is 11.9 Å². The number of methoxy groups -OCH3 is 1. The van der Waals surface area contributed by atoms with E-state index < -0.39 is 11.7 Å². The van der Waals surface area contributed by atoms with Gasteiger partial charge >= 0.3 is 0 Å². The van der Waals surface area contributed by atoms with Crippen molar-refractivity contribution in [3.63, 3.8) is 0 Å². The van der Waals surface area contributed by atoms with E-state index in [-0.39, 0.29) is 22.5 Å². The molecule has 1 saturated heterocycles. The number of carbonyl (C=O) groups is 1. The van der Waals surface area contributed by atoms with Gasteiger partial charge in [0, 0.05) is 26.2 Å². The van der Waals surface area contributed by atoms with Crippen molar-refractivity contribution < 1.29 is 13.9 Å². The average molecular weight is 492 g/mol. The summed E-state index contributed by atoms with van der Waals surface area (Å²) < 4.78 is 20.7. The number of hydrogen-bond acceptors (Lipinski definition) is 9. The van der Waals surface area contributed by atoms with E-state index in [1.54, 1.807) is 23.6 Å². The van der Waals surface area contributed by atoms with Crippen molar-refractivity contribution in [3.05, 3.63) is 45.5 Å². The summed E-state index contributed by atoms with van der Waals surface area (Å²) in [5, 5.41) is 7.95. The van der Waals surface area contributed by atoms with Crippen LogP contribution in [0.25, 0.3) is 0 Å². The number of hydrogen-bond donors (Lipinski definition) is 3. The highest BCUT2D eigenvalue weighted by atomic mass is 35.5. The fraction of sp³-hybridized carbons (Fsp3) is 0.286. The third-order valence-corrected chi connectivity index (χ3v) is 6.46. The molecule has 0 atom stereocenters. The van der Waals surface area contributed by atoms with E-state index in [1.165, 1.54) is 24.6 Å². The van der Waals surface area contributed by atoms with Gasteiger partial charge in [0.2, 0.25) is 5.95 Å². The number of nitrogens with one attached hydrogen (secondary N) is 2. The van der Waals surface area contributed by atoms with E-state index >= 15 is 4.39 Å². The molecule has 9 nitrogen and oxygen atoms in total. The summed E-state index contributed by atoms with van der Waals surface area (Å²) in [4.78, 5) is 24.7. The fourth-order valence-corrected chi connectivity index (χ4v) is 4.34. The zero-order valence-electron chi connectivity index (χ0n) is 18.1. The molecule has 1 aromatic carbocycles. The Balaban J connectivity index is 1.58. The summed E-state index contributed by atoms with van der Waals surface area (Å²) in [6.45, 7) is 3.18. The summed E-state index contributed by atoms with van der Waals surface area (Å²) in [6.07, 6.45) is 1.40. The minimum Gasteiger partial charge on any atom is -0.492 e. The van der Waals surface area contributed by atoms with Crippen molar-refractivity contribution >= 4 is 57.7 Å². The number of benzene rings is 1. The molecule has 0 saturated carbocycles. The summed E-state index contributed by atoms with van der Waals surface area (Å²) in [5.74, 6) is -0.514. The van der Waals surface area contributed by atoms with Gasteiger partial charge in [0.1, 0.15) is 9.90 Å². The molecular formula is C21H23ClFN7O2S. The summed E-state index contributed by atoms with van der Waals surface area (Å²) in [5.41, 5.74) is 6.74. The maximum atomic E-state index is 15.3. The van der Waals surface area contributed by atoms with Gasteiger partial charge in [0.25, 0.3) is 5.91 Å². The highest BCUT2D eigenvalue weighted by molar-refractivity contribution is 7.12. The van der Waals surface area contributed by atoms with Crippen LogP contribution in [0, 0.1) is 5.82 Å². The number of anilines is 5. The van der Waals surface area contributed by atoms with E-state index in [0.717, 1.165) is 26.2 Å². The first-order chi connectivity index (χ1) is 15.9. The second-order valence-electron chi connectivity index (χ2n) is 7.44. The molecule has 2 aromatic heterocycles. The Morgan fingerprint density at radius 2 is 1.97 bits per heavy atom. The van der Waals surface area contributed by atoms with Gasteiger partial charge in [0.15, 0.2) is 17.4 Å². The van der Waals surface area contributed by atoms with Gasteiger partial charge in [-0.25, -0.2) is 9.37 Å². The standard InChI is InChI=1S/C21H23ClFN7O2S/c1-29-6-8-30(9-7-29)15-4-3-13(17(32-2)16(15)23)27-21-25-11-12(22)20(28-21)26-14-5-10-33-18(14)19(24)31/h3-5,10-11H,6-9H2,1-2H3,(H2,24,31)(H2,25,26,27,28). The van der Waals surface area contributed by atoms with Gasteiger partial charge in [-0.3, -0.25) is 4.79 Å². The monoisotopic (exact) mass is 491 g/mol. The molecule has 3 heterocycles. The highest BCUT2D eigenvalue weighted by Crippen LogP contribution is 2.37. The number of amides is 1. The molecule has 1 aliphatic heterocycles. The van der Waals surface area contributed by atoms with Crippen LogP contribution in [0.4, 0.5) is 33.2 Å². The number of carbonyl (C=O) groups excluding carboxylic acids is 1. The number of thiophene rings is 1. The Kier molecular flexibility index (Phi) is 6.82. The molecule has 4 rings (SSSR count). The molecule has 3 aromatic rings. The van der Waals surface area contributed by atoms with Gasteiger partial charge in [-0.05, 0) is 30.6 Å². The topological polar surface area (TPSA) is 109 Å². The average Bonchev–Trinajstić information content (AvgIpc) is 3.26. The van der Waals surface area contributed by atoms with Crippen molar-refractivity contribution in [1.29, 1.82) is 0 Å². The van der Waals surface area contributed by atoms with Gasteiger partial charge < -0.3 is 30.9 Å². The molecule has 0 bridgehead atoms. The highest BCUT2D eigenvalue weighted by Gasteiger charge is 2.22. The first-order valence-electron chi connectivity index (χ1n) is 10.1. The third-order valence-electron chi connectivity index (χ3n) is 5.26. The van der Waals surface area contributed by atoms with Crippen LogP contribution in [-0.2, 0) is 0 Å². The number of aromatic nitrogens is 2. The van der Waals surface area contributed by atoms with Crippen LogP contribution in [-0.4, -0.2) is 61.1 Å². The number of nitrogens with zero attached hydrogens (tertiary/aromatic N) is 4. The number of nitrogens with two attached hydrogens (primary N) is 1. The lowest BCUT2D eigenvalue weighted by atomic mass is 10.2. The molecule has 4 N–H and O–H groups in total. The van der Waals surface area contributed by atoms with E-state index in [9.17, 15) is 4.79 Å². The second-order valence-corrected chi connectivity index (χ2v) is 8.76. The van der Waals surface area contributed by atoms with E-state index in [0.29, 0.717) is 21.9 Å². The van der Waals surface area contributed by atoms with Crippen LogP contribution in [0.1, 0.15) is 9.67 Å². The molecule has 0 spiro atoms. The molecule has 0 radical (unpaired) electrons. The van der Waals surface area contributed by atoms with E-state index in [4.69, 9.17) is 22.1 Å². The van der Waals surface area contributed by atoms with Crippen LogP contribution in [0.15, 0.2) is 29.8 Å². The zero-order chi connectivity index (χ0) is 23.5. The molecule has 174 valence electrons. The van der Waals surface area contributed by atoms with Gasteiger partial charge in [-0.1, -0.05) is 11.6 Å². The second kappa shape index (κ2) is 9.77. The first-order valence-corrected chi connectivity index (χ1v) is 11.4. The third kappa shape index (κ3) is 4.95. The molecule has 1 fully saturated rings. The summed E-state index contributed by atoms with van der Waals surface area (Å²) >= 11 is 7.43. The number of primary amides is 1. The molecule has 1 amide bonds. The molecular weight excluding hydrogens is 469 g/mol.